The Labute approximate surface area is 191 Å². The molecule has 4 aromatic rings. The molecule has 1 unspecified atom stereocenters. The molecule has 0 radical (unpaired) electrons. The van der Waals surface area contributed by atoms with E-state index in [1.807, 2.05) is 25.1 Å². The fraction of sp³-hybridized carbons (Fsp3) is 0.320. The Morgan fingerprint density at radius 3 is 2.82 bits per heavy atom. The van der Waals surface area contributed by atoms with E-state index in [2.05, 4.69) is 39.4 Å². The van der Waals surface area contributed by atoms with Gasteiger partial charge >= 0.3 is 0 Å². The van der Waals surface area contributed by atoms with Crippen molar-refractivity contribution >= 4 is 22.7 Å². The number of benzene rings is 1. The van der Waals surface area contributed by atoms with Crippen LogP contribution in [0.5, 0.6) is 0 Å². The van der Waals surface area contributed by atoms with Crippen molar-refractivity contribution in [2.75, 3.05) is 18.9 Å². The molecule has 7 nitrogen and oxygen atoms in total. The molecule has 1 aliphatic heterocycles. The second-order valence-electron chi connectivity index (χ2n) is 9.47. The van der Waals surface area contributed by atoms with Crippen LogP contribution < -0.4 is 11.1 Å². The average molecular weight is 444 g/mol. The first-order valence-corrected chi connectivity index (χ1v) is 11.3. The number of pyridine rings is 1. The van der Waals surface area contributed by atoms with Crippen LogP contribution in [0.25, 0.3) is 16.9 Å². The van der Waals surface area contributed by atoms with Gasteiger partial charge in [-0.3, -0.25) is 4.57 Å². The van der Waals surface area contributed by atoms with Crippen molar-refractivity contribution in [3.8, 4) is 5.82 Å². The molecule has 168 valence electrons. The van der Waals surface area contributed by atoms with E-state index in [1.54, 1.807) is 4.57 Å². The highest BCUT2D eigenvalue weighted by atomic mass is 19.1. The summed E-state index contributed by atoms with van der Waals surface area (Å²) >= 11 is 0. The second-order valence-corrected chi connectivity index (χ2v) is 9.47. The molecule has 33 heavy (non-hydrogen) atoms. The highest BCUT2D eigenvalue weighted by Gasteiger charge is 2.32. The van der Waals surface area contributed by atoms with E-state index in [9.17, 15) is 4.39 Å². The normalized spacial score (nSPS) is 20.1. The minimum Gasteiger partial charge on any atom is -0.324 e. The van der Waals surface area contributed by atoms with Gasteiger partial charge in [0.05, 0.1) is 16.6 Å². The van der Waals surface area contributed by atoms with Gasteiger partial charge in [-0.05, 0) is 68.1 Å². The molecule has 1 aromatic carbocycles. The Bertz CT molecular complexity index is 1390. The van der Waals surface area contributed by atoms with Crippen molar-refractivity contribution < 1.29 is 4.39 Å². The lowest BCUT2D eigenvalue weighted by Gasteiger charge is -2.25. The first kappa shape index (κ1) is 20.3. The van der Waals surface area contributed by atoms with Crippen LogP contribution in [-0.2, 0) is 24.9 Å². The van der Waals surface area contributed by atoms with Crippen LogP contribution in [0.15, 0.2) is 42.7 Å². The van der Waals surface area contributed by atoms with Gasteiger partial charge in [0, 0.05) is 31.2 Å². The highest BCUT2D eigenvalue weighted by Crippen LogP contribution is 2.34. The van der Waals surface area contributed by atoms with Crippen molar-refractivity contribution in [1.82, 2.24) is 24.4 Å². The van der Waals surface area contributed by atoms with Gasteiger partial charge in [-0.1, -0.05) is 12.1 Å². The van der Waals surface area contributed by atoms with Crippen LogP contribution in [0.2, 0.25) is 0 Å². The number of nitrogens with one attached hydrogen (secondary N) is 1. The summed E-state index contributed by atoms with van der Waals surface area (Å²) in [5.41, 5.74) is 12.0. The van der Waals surface area contributed by atoms with E-state index >= 15 is 0 Å². The maximum absolute atomic E-state index is 14.7. The Morgan fingerprint density at radius 1 is 1.09 bits per heavy atom. The van der Waals surface area contributed by atoms with Gasteiger partial charge in [-0.2, -0.15) is 4.98 Å². The lowest BCUT2D eigenvalue weighted by Crippen LogP contribution is -2.31. The topological polar surface area (TPSA) is 84.9 Å². The summed E-state index contributed by atoms with van der Waals surface area (Å²) in [4.78, 5) is 16.1. The standard InChI is InChI=1S/C25H26FN7/c1-25(27)9-7-16-4-6-21(30-22(16)25)33-14-20(26)19-12-28-24(31-23(19)33)29-18-5-3-15-8-10-32(2)13-17(15)11-18/h3-6,11-12,14H,7-10,13,27H2,1-2H3,(H,28,29,31). The van der Waals surface area contributed by atoms with Gasteiger partial charge in [0.1, 0.15) is 5.82 Å². The predicted molar refractivity (Wildman–Crippen MR) is 126 cm³/mol. The molecule has 0 spiro atoms. The largest absolute Gasteiger partial charge is 0.324 e. The lowest BCUT2D eigenvalue weighted by atomic mass is 9.99. The first-order valence-electron chi connectivity index (χ1n) is 11.3. The number of rotatable bonds is 3. The molecule has 6 rings (SSSR count). The third kappa shape index (κ3) is 3.46. The molecule has 0 amide bonds. The number of nitrogens with two attached hydrogens (primary N) is 1. The van der Waals surface area contributed by atoms with Gasteiger partial charge in [-0.15, -0.1) is 0 Å². The molecular weight excluding hydrogens is 417 g/mol. The van der Waals surface area contributed by atoms with E-state index in [0.717, 1.165) is 49.3 Å². The van der Waals surface area contributed by atoms with Crippen LogP contribution in [0.3, 0.4) is 0 Å². The third-order valence-corrected chi connectivity index (χ3v) is 6.83. The van der Waals surface area contributed by atoms with Crippen molar-refractivity contribution in [3.63, 3.8) is 0 Å². The quantitative estimate of drug-likeness (QED) is 0.501. The lowest BCUT2D eigenvalue weighted by molar-refractivity contribution is 0.313. The van der Waals surface area contributed by atoms with E-state index < -0.39 is 5.54 Å². The average Bonchev–Trinajstić information content (AvgIpc) is 3.29. The van der Waals surface area contributed by atoms with Gasteiger partial charge in [-0.25, -0.2) is 14.4 Å². The molecule has 8 heteroatoms. The van der Waals surface area contributed by atoms with Gasteiger partial charge < -0.3 is 16.0 Å². The maximum atomic E-state index is 14.7. The number of halogens is 1. The second kappa shape index (κ2) is 7.33. The fourth-order valence-electron chi connectivity index (χ4n) is 4.93. The Balaban J connectivity index is 1.38. The van der Waals surface area contributed by atoms with Gasteiger partial charge in [0.25, 0.3) is 0 Å². The molecule has 3 aromatic heterocycles. The van der Waals surface area contributed by atoms with Gasteiger partial charge in [0.15, 0.2) is 11.5 Å². The molecule has 0 saturated heterocycles. The Morgan fingerprint density at radius 2 is 1.94 bits per heavy atom. The van der Waals surface area contributed by atoms with Gasteiger partial charge in [0.2, 0.25) is 5.95 Å². The minimum atomic E-state index is -0.477. The van der Waals surface area contributed by atoms with E-state index in [-0.39, 0.29) is 5.82 Å². The number of hydrogen-bond acceptors (Lipinski definition) is 6. The number of fused-ring (bicyclic) bond motifs is 3. The smallest absolute Gasteiger partial charge is 0.229 e. The Kier molecular flexibility index (Phi) is 4.50. The molecule has 0 bridgehead atoms. The van der Waals surface area contributed by atoms with Crippen molar-refractivity contribution in [1.29, 1.82) is 0 Å². The molecule has 1 atom stereocenters. The van der Waals surface area contributed by atoms with Crippen LogP contribution in [0, 0.1) is 5.82 Å². The highest BCUT2D eigenvalue weighted by molar-refractivity contribution is 5.79. The van der Waals surface area contributed by atoms with E-state index in [0.29, 0.717) is 22.8 Å². The minimum absolute atomic E-state index is 0.352. The number of nitrogens with zero attached hydrogens (tertiary/aromatic N) is 5. The Hall–Kier alpha value is -3.36. The first-order chi connectivity index (χ1) is 15.9. The molecule has 2 aliphatic rings. The number of hydrogen-bond donors (Lipinski definition) is 2. The summed E-state index contributed by atoms with van der Waals surface area (Å²) in [5.74, 6) is 0.629. The van der Waals surface area contributed by atoms with Crippen molar-refractivity contribution in [2.45, 2.75) is 38.3 Å². The summed E-state index contributed by atoms with van der Waals surface area (Å²) in [6.45, 7) is 3.98. The van der Waals surface area contributed by atoms with Crippen LogP contribution >= 0.6 is 0 Å². The number of anilines is 2. The number of aryl methyl sites for hydroxylation is 1. The molecule has 0 fully saturated rings. The van der Waals surface area contributed by atoms with E-state index in [1.165, 1.54) is 23.5 Å². The monoisotopic (exact) mass is 443 g/mol. The zero-order valence-corrected chi connectivity index (χ0v) is 18.8. The molecule has 4 heterocycles. The van der Waals surface area contributed by atoms with Crippen molar-refractivity contribution in [2.24, 2.45) is 5.73 Å². The van der Waals surface area contributed by atoms with E-state index in [4.69, 9.17) is 10.7 Å². The number of likely N-dealkylation sites (N-methyl/N-ethyl adjacent to an activating group) is 1. The third-order valence-electron chi connectivity index (χ3n) is 6.83. The maximum Gasteiger partial charge on any atom is 0.229 e. The zero-order valence-electron chi connectivity index (χ0n) is 18.8. The van der Waals surface area contributed by atoms with Crippen LogP contribution in [0.4, 0.5) is 16.0 Å². The molecule has 3 N–H and O–H groups in total. The summed E-state index contributed by atoms with van der Waals surface area (Å²) in [7, 11) is 2.13. The summed E-state index contributed by atoms with van der Waals surface area (Å²) in [6.07, 6.45) is 5.74. The summed E-state index contributed by atoms with van der Waals surface area (Å²) in [5, 5.41) is 3.64. The molecule has 0 saturated carbocycles. The SMILES string of the molecule is CN1CCc2ccc(Nc3ncc4c(F)cn(-c5ccc6c(n5)C(C)(N)CC6)c4n3)cc2C1. The number of aromatic nitrogens is 4. The molecule has 1 aliphatic carbocycles. The summed E-state index contributed by atoms with van der Waals surface area (Å²) in [6, 6.07) is 10.3. The van der Waals surface area contributed by atoms with Crippen molar-refractivity contribution in [3.05, 3.63) is 70.9 Å². The summed E-state index contributed by atoms with van der Waals surface area (Å²) < 4.78 is 16.4. The predicted octanol–water partition coefficient (Wildman–Crippen LogP) is 3.81. The zero-order chi connectivity index (χ0) is 22.7. The van der Waals surface area contributed by atoms with Crippen LogP contribution in [-0.4, -0.2) is 38.0 Å². The fourth-order valence-corrected chi connectivity index (χ4v) is 4.93. The van der Waals surface area contributed by atoms with Crippen LogP contribution in [0.1, 0.15) is 35.7 Å². The molecular formula is C25H26FN7.